The van der Waals surface area contributed by atoms with E-state index in [4.69, 9.17) is 10.8 Å². The molecule has 0 saturated carbocycles. The summed E-state index contributed by atoms with van der Waals surface area (Å²) in [5.74, 6) is -1.76. The van der Waals surface area contributed by atoms with E-state index in [1.165, 1.54) is 0 Å². The van der Waals surface area contributed by atoms with Crippen LogP contribution < -0.4 is 20.5 Å². The fourth-order valence-electron chi connectivity index (χ4n) is 1.36. The van der Waals surface area contributed by atoms with Crippen molar-refractivity contribution in [2.45, 2.75) is 18.5 Å². The highest BCUT2D eigenvalue weighted by molar-refractivity contribution is 5.72. The van der Waals surface area contributed by atoms with Gasteiger partial charge in [-0.3, -0.25) is 0 Å². The summed E-state index contributed by atoms with van der Waals surface area (Å²) in [6.07, 6.45) is -14.2. The van der Waals surface area contributed by atoms with E-state index in [2.05, 4.69) is 14.5 Å². The molecule has 0 radical (unpaired) electrons. The maximum Gasteiger partial charge on any atom is 0.421 e. The van der Waals surface area contributed by atoms with Crippen molar-refractivity contribution < 1.29 is 45.7 Å². The van der Waals surface area contributed by atoms with Gasteiger partial charge in [0.1, 0.15) is 5.56 Å². The zero-order chi connectivity index (χ0) is 18.7. The Balaban J connectivity index is 2.87. The number of nitrogens with one attached hydrogen (secondary N) is 1. The summed E-state index contributed by atoms with van der Waals surface area (Å²) in [4.78, 5) is 14.5. The van der Waals surface area contributed by atoms with Gasteiger partial charge in [-0.2, -0.15) is 31.3 Å². The second kappa shape index (κ2) is 6.98. The molecule has 7 nitrogen and oxygen atoms in total. The molecular formula is C11H11F6N3O4. The van der Waals surface area contributed by atoms with Crippen molar-refractivity contribution in [1.82, 2.24) is 10.3 Å². The first-order chi connectivity index (χ1) is 10.9. The van der Waals surface area contributed by atoms with Gasteiger partial charge in [-0.15, -0.1) is 0 Å². The molecule has 1 amide bonds. The summed E-state index contributed by atoms with van der Waals surface area (Å²) in [6, 6.07) is 0.388. The minimum Gasteiger partial charge on any atom is -0.480 e. The molecule has 0 aliphatic carbocycles. The molecule has 4 N–H and O–H groups in total. The standard InChI is InChI=1S/C11H11F6N3O4/c1-23-7-4(10(12,13)14)2-5(18)8(20-7)24-9(22)19-3-6(21)11(15,16)17/h2,6,21H,3,18H2,1H3,(H,19,22). The Morgan fingerprint density at radius 3 is 2.38 bits per heavy atom. The Morgan fingerprint density at radius 1 is 1.33 bits per heavy atom. The first kappa shape index (κ1) is 19.6. The second-order valence-corrected chi connectivity index (χ2v) is 4.27. The fourth-order valence-corrected chi connectivity index (χ4v) is 1.36. The van der Waals surface area contributed by atoms with Gasteiger partial charge in [0.15, 0.2) is 6.10 Å². The number of halogens is 6. The van der Waals surface area contributed by atoms with Crippen LogP contribution in [0.1, 0.15) is 5.56 Å². The highest BCUT2D eigenvalue weighted by Gasteiger charge is 2.39. The van der Waals surface area contributed by atoms with Crippen LogP contribution in [-0.4, -0.2) is 42.1 Å². The number of ether oxygens (including phenoxy) is 2. The SMILES string of the molecule is COc1nc(OC(=O)NCC(O)C(F)(F)F)c(N)cc1C(F)(F)F. The summed E-state index contributed by atoms with van der Waals surface area (Å²) >= 11 is 0. The number of nitrogens with zero attached hydrogens (tertiary/aromatic N) is 1. The molecule has 1 aromatic heterocycles. The van der Waals surface area contributed by atoms with Crippen LogP contribution in [0.3, 0.4) is 0 Å². The number of carbonyl (C=O) groups excluding carboxylic acids is 1. The van der Waals surface area contributed by atoms with Gasteiger partial charge in [0, 0.05) is 0 Å². The van der Waals surface area contributed by atoms with Crippen LogP contribution in [0.4, 0.5) is 36.8 Å². The van der Waals surface area contributed by atoms with E-state index in [9.17, 15) is 31.1 Å². The average Bonchev–Trinajstić information content (AvgIpc) is 2.44. The third-order valence-corrected chi connectivity index (χ3v) is 2.49. The topological polar surface area (TPSA) is 107 Å². The molecule has 0 spiro atoms. The molecule has 0 fully saturated rings. The summed E-state index contributed by atoms with van der Waals surface area (Å²) in [5.41, 5.74) is 3.23. The predicted molar refractivity (Wildman–Crippen MR) is 66.3 cm³/mol. The molecule has 0 aliphatic heterocycles. The van der Waals surface area contributed by atoms with Crippen molar-refractivity contribution in [2.75, 3.05) is 19.4 Å². The number of amides is 1. The zero-order valence-corrected chi connectivity index (χ0v) is 11.8. The lowest BCUT2D eigenvalue weighted by Crippen LogP contribution is -2.41. The van der Waals surface area contributed by atoms with Crippen LogP contribution >= 0.6 is 0 Å². The molecule has 0 aromatic carbocycles. The molecule has 136 valence electrons. The maximum atomic E-state index is 12.7. The number of hydrogen-bond acceptors (Lipinski definition) is 6. The van der Waals surface area contributed by atoms with Crippen molar-refractivity contribution in [1.29, 1.82) is 0 Å². The number of carbonyl (C=O) groups is 1. The quantitative estimate of drug-likeness (QED) is 0.703. The molecule has 1 aromatic rings. The average molecular weight is 363 g/mol. The van der Waals surface area contributed by atoms with E-state index >= 15 is 0 Å². The number of anilines is 1. The van der Waals surface area contributed by atoms with Crippen molar-refractivity contribution in [2.24, 2.45) is 0 Å². The number of alkyl halides is 6. The van der Waals surface area contributed by atoms with E-state index in [1.54, 1.807) is 5.32 Å². The zero-order valence-electron chi connectivity index (χ0n) is 11.8. The Hall–Kier alpha value is -2.44. The molecular weight excluding hydrogens is 352 g/mol. The molecule has 0 aliphatic rings. The summed E-state index contributed by atoms with van der Waals surface area (Å²) in [6.45, 7) is -1.24. The molecule has 1 unspecified atom stereocenters. The number of aliphatic hydroxyl groups is 1. The molecule has 1 atom stereocenters. The summed E-state index contributed by atoms with van der Waals surface area (Å²) in [7, 11) is 0.872. The third-order valence-electron chi connectivity index (χ3n) is 2.49. The summed E-state index contributed by atoms with van der Waals surface area (Å²) < 4.78 is 83.1. The van der Waals surface area contributed by atoms with E-state index < -0.39 is 54.1 Å². The number of hydrogen-bond donors (Lipinski definition) is 3. The largest absolute Gasteiger partial charge is 0.480 e. The minimum absolute atomic E-state index is 0.388. The van der Waals surface area contributed by atoms with Crippen LogP contribution in [0, 0.1) is 0 Å². The number of aliphatic hydroxyl groups excluding tert-OH is 1. The van der Waals surface area contributed by atoms with E-state index in [0.717, 1.165) is 7.11 Å². The molecule has 24 heavy (non-hydrogen) atoms. The Morgan fingerprint density at radius 2 is 1.92 bits per heavy atom. The third kappa shape index (κ3) is 5.04. The van der Waals surface area contributed by atoms with Gasteiger partial charge < -0.3 is 25.6 Å². The van der Waals surface area contributed by atoms with E-state index in [-0.39, 0.29) is 0 Å². The molecule has 13 heteroatoms. The highest BCUT2D eigenvalue weighted by atomic mass is 19.4. The molecule has 0 bridgehead atoms. The Bertz CT molecular complexity index is 605. The van der Waals surface area contributed by atoms with Gasteiger partial charge in [-0.25, -0.2) is 4.79 Å². The Labute approximate surface area is 130 Å². The lowest BCUT2D eigenvalue weighted by molar-refractivity contribution is -0.201. The van der Waals surface area contributed by atoms with Gasteiger partial charge in [-0.05, 0) is 6.07 Å². The maximum absolute atomic E-state index is 12.7. The van der Waals surface area contributed by atoms with Crippen LogP contribution in [-0.2, 0) is 6.18 Å². The van der Waals surface area contributed by atoms with Crippen molar-refractivity contribution in [3.8, 4) is 11.8 Å². The number of methoxy groups -OCH3 is 1. The Kier molecular flexibility index (Phi) is 5.71. The lowest BCUT2D eigenvalue weighted by Gasteiger charge is -2.16. The lowest BCUT2D eigenvalue weighted by atomic mass is 10.2. The van der Waals surface area contributed by atoms with Crippen LogP contribution in [0.25, 0.3) is 0 Å². The van der Waals surface area contributed by atoms with Gasteiger partial charge in [0.25, 0.3) is 5.88 Å². The van der Waals surface area contributed by atoms with Gasteiger partial charge in [0.05, 0.1) is 19.3 Å². The normalized spacial score (nSPS) is 13.3. The monoisotopic (exact) mass is 363 g/mol. The summed E-state index contributed by atoms with van der Waals surface area (Å²) in [5, 5.41) is 10.2. The van der Waals surface area contributed by atoms with Gasteiger partial charge in [0.2, 0.25) is 5.88 Å². The van der Waals surface area contributed by atoms with E-state index in [0.29, 0.717) is 6.07 Å². The minimum atomic E-state index is -4.97. The highest BCUT2D eigenvalue weighted by Crippen LogP contribution is 2.38. The molecule has 0 saturated heterocycles. The predicted octanol–water partition coefficient (Wildman–Crippen LogP) is 1.70. The fraction of sp³-hybridized carbons (Fsp3) is 0.455. The van der Waals surface area contributed by atoms with Crippen LogP contribution in [0.15, 0.2) is 6.07 Å². The van der Waals surface area contributed by atoms with Crippen molar-refractivity contribution >= 4 is 11.8 Å². The van der Waals surface area contributed by atoms with Gasteiger partial charge >= 0.3 is 18.4 Å². The number of rotatable bonds is 4. The molecule has 1 rings (SSSR count). The number of nitrogens with two attached hydrogens (primary N) is 1. The molecule has 1 heterocycles. The number of pyridine rings is 1. The van der Waals surface area contributed by atoms with Gasteiger partial charge in [-0.1, -0.05) is 0 Å². The van der Waals surface area contributed by atoms with Crippen molar-refractivity contribution in [3.63, 3.8) is 0 Å². The number of aromatic nitrogens is 1. The van der Waals surface area contributed by atoms with Crippen LogP contribution in [0.5, 0.6) is 11.8 Å². The number of nitrogen functional groups attached to an aromatic ring is 1. The first-order valence-corrected chi connectivity index (χ1v) is 5.98. The van der Waals surface area contributed by atoms with Crippen LogP contribution in [0.2, 0.25) is 0 Å². The van der Waals surface area contributed by atoms with E-state index in [1.807, 2.05) is 0 Å². The smallest absolute Gasteiger partial charge is 0.421 e. The first-order valence-electron chi connectivity index (χ1n) is 5.98. The second-order valence-electron chi connectivity index (χ2n) is 4.27. The van der Waals surface area contributed by atoms with Crippen molar-refractivity contribution in [3.05, 3.63) is 11.6 Å².